The standard InChI is InChI=1S/C5H10NO2/c7-5-3-1-2-4-6(5)8/h5,7H,1-4H2/q-1. The lowest BCUT2D eigenvalue weighted by atomic mass is 10.1. The number of aliphatic hydroxyl groups is 1. The molecule has 8 heavy (non-hydrogen) atoms. The van der Waals surface area contributed by atoms with Crippen LogP contribution in [-0.4, -0.2) is 22.9 Å². The third kappa shape index (κ3) is 1.18. The fourth-order valence-corrected chi connectivity index (χ4v) is 0.888. The van der Waals surface area contributed by atoms with Gasteiger partial charge in [0, 0.05) is 0 Å². The Morgan fingerprint density at radius 1 is 1.50 bits per heavy atom. The van der Waals surface area contributed by atoms with Gasteiger partial charge in [0.15, 0.2) is 0 Å². The maximum Gasteiger partial charge on any atom is 0.0956 e. The molecule has 1 fully saturated rings. The number of nitrogens with zero attached hydrogens (tertiary/aromatic N) is 1. The molecule has 3 nitrogen and oxygen atoms in total. The highest BCUT2D eigenvalue weighted by atomic mass is 16.5. The molecule has 0 amide bonds. The molecule has 0 aromatic carbocycles. The smallest absolute Gasteiger partial charge is 0.0956 e. The van der Waals surface area contributed by atoms with Crippen molar-refractivity contribution in [3.05, 3.63) is 5.21 Å². The first-order valence-corrected chi connectivity index (χ1v) is 2.92. The molecule has 0 radical (unpaired) electrons. The van der Waals surface area contributed by atoms with Crippen molar-refractivity contribution in [1.82, 2.24) is 5.06 Å². The van der Waals surface area contributed by atoms with E-state index in [2.05, 4.69) is 0 Å². The van der Waals surface area contributed by atoms with Gasteiger partial charge in [-0.3, -0.25) is 0 Å². The molecule has 48 valence electrons. The van der Waals surface area contributed by atoms with Crippen molar-refractivity contribution < 1.29 is 5.11 Å². The molecule has 3 heteroatoms. The second-order valence-corrected chi connectivity index (χ2v) is 2.12. The Morgan fingerprint density at radius 2 is 2.25 bits per heavy atom. The molecule has 1 saturated heterocycles. The van der Waals surface area contributed by atoms with Crippen molar-refractivity contribution in [2.45, 2.75) is 25.5 Å². The van der Waals surface area contributed by atoms with E-state index in [9.17, 15) is 5.21 Å². The Labute approximate surface area is 48.5 Å². The number of rotatable bonds is 0. The van der Waals surface area contributed by atoms with Crippen molar-refractivity contribution >= 4 is 0 Å². The number of hydroxylamine groups is 2. The lowest BCUT2D eigenvalue weighted by Crippen LogP contribution is -2.34. The molecule has 1 N–H and O–H groups in total. The zero-order valence-corrected chi connectivity index (χ0v) is 4.71. The van der Waals surface area contributed by atoms with Gasteiger partial charge in [-0.25, -0.2) is 0 Å². The summed E-state index contributed by atoms with van der Waals surface area (Å²) in [7, 11) is 0. The van der Waals surface area contributed by atoms with Crippen LogP contribution in [0.25, 0.3) is 0 Å². The average molecular weight is 116 g/mol. The Balaban J connectivity index is 2.28. The highest BCUT2D eigenvalue weighted by Crippen LogP contribution is 2.11. The van der Waals surface area contributed by atoms with Crippen LogP contribution in [0.3, 0.4) is 0 Å². The lowest BCUT2D eigenvalue weighted by molar-refractivity contribution is 0.00903. The van der Waals surface area contributed by atoms with Crippen molar-refractivity contribution in [3.63, 3.8) is 0 Å². The summed E-state index contributed by atoms with van der Waals surface area (Å²) >= 11 is 0. The van der Waals surface area contributed by atoms with Crippen molar-refractivity contribution in [2.24, 2.45) is 0 Å². The van der Waals surface area contributed by atoms with E-state index in [0.717, 1.165) is 17.9 Å². The monoisotopic (exact) mass is 116 g/mol. The summed E-state index contributed by atoms with van der Waals surface area (Å²) in [5.74, 6) is 0. The molecule has 1 heterocycles. The van der Waals surface area contributed by atoms with Crippen LogP contribution in [0.4, 0.5) is 0 Å². The highest BCUT2D eigenvalue weighted by Gasteiger charge is 2.09. The minimum atomic E-state index is -0.719. The van der Waals surface area contributed by atoms with Crippen molar-refractivity contribution in [1.29, 1.82) is 0 Å². The van der Waals surface area contributed by atoms with Crippen LogP contribution in [0.5, 0.6) is 0 Å². The van der Waals surface area contributed by atoms with E-state index in [1.807, 2.05) is 0 Å². The normalized spacial score (nSPS) is 33.0. The minimum absolute atomic E-state index is 0.501. The Morgan fingerprint density at radius 3 is 2.62 bits per heavy atom. The largest absolute Gasteiger partial charge is 0.783 e. The summed E-state index contributed by atoms with van der Waals surface area (Å²) in [6.45, 7) is 0.501. The molecule has 1 aliphatic rings. The summed E-state index contributed by atoms with van der Waals surface area (Å²) in [6, 6.07) is 0. The van der Waals surface area contributed by atoms with Gasteiger partial charge in [0.2, 0.25) is 0 Å². The van der Waals surface area contributed by atoms with E-state index >= 15 is 0 Å². The van der Waals surface area contributed by atoms with Crippen LogP contribution >= 0.6 is 0 Å². The van der Waals surface area contributed by atoms with E-state index < -0.39 is 6.23 Å². The molecule has 1 atom stereocenters. The molecule has 1 rings (SSSR count). The molecule has 0 aromatic heterocycles. The highest BCUT2D eigenvalue weighted by molar-refractivity contribution is 4.67. The molecular formula is C5H10NO2-. The van der Waals surface area contributed by atoms with E-state index in [1.54, 1.807) is 0 Å². The number of hydrogen-bond acceptors (Lipinski definition) is 3. The first-order chi connectivity index (χ1) is 3.80. The Kier molecular flexibility index (Phi) is 1.83. The van der Waals surface area contributed by atoms with Gasteiger partial charge in [0.25, 0.3) is 0 Å². The van der Waals surface area contributed by atoms with E-state index in [4.69, 9.17) is 5.11 Å². The number of piperidine rings is 1. The predicted octanol–water partition coefficient (Wildman–Crippen LogP) is 0.289. The van der Waals surface area contributed by atoms with Gasteiger partial charge in [0.1, 0.15) is 0 Å². The molecule has 0 aromatic rings. The zero-order valence-electron chi connectivity index (χ0n) is 4.71. The van der Waals surface area contributed by atoms with E-state index in [0.29, 0.717) is 13.0 Å². The maximum atomic E-state index is 10.5. The van der Waals surface area contributed by atoms with E-state index in [-0.39, 0.29) is 0 Å². The van der Waals surface area contributed by atoms with Crippen LogP contribution in [0.15, 0.2) is 0 Å². The summed E-state index contributed by atoms with van der Waals surface area (Å²) in [5, 5.41) is 20.0. The fourth-order valence-electron chi connectivity index (χ4n) is 0.888. The van der Waals surface area contributed by atoms with Gasteiger partial charge < -0.3 is 15.4 Å². The number of aliphatic hydroxyl groups excluding tert-OH is 1. The molecule has 0 aliphatic carbocycles. The second kappa shape index (κ2) is 2.44. The summed E-state index contributed by atoms with van der Waals surface area (Å²) in [4.78, 5) is 0. The van der Waals surface area contributed by atoms with Crippen LogP contribution in [0, 0.1) is 5.21 Å². The molecule has 0 bridgehead atoms. The third-order valence-electron chi connectivity index (χ3n) is 1.42. The minimum Gasteiger partial charge on any atom is -0.783 e. The zero-order chi connectivity index (χ0) is 5.98. The summed E-state index contributed by atoms with van der Waals surface area (Å²) < 4.78 is 0. The fraction of sp³-hybridized carbons (Fsp3) is 1.00. The van der Waals surface area contributed by atoms with Crippen LogP contribution < -0.4 is 0 Å². The number of hydrogen-bond donors (Lipinski definition) is 1. The van der Waals surface area contributed by atoms with Crippen LogP contribution in [0.1, 0.15) is 19.3 Å². The summed E-state index contributed by atoms with van der Waals surface area (Å²) in [5.41, 5.74) is 0. The molecule has 1 aliphatic heterocycles. The second-order valence-electron chi connectivity index (χ2n) is 2.12. The topological polar surface area (TPSA) is 46.5 Å². The van der Waals surface area contributed by atoms with Gasteiger partial charge in [-0.15, -0.1) is 0 Å². The van der Waals surface area contributed by atoms with Gasteiger partial charge in [-0.05, 0) is 25.8 Å². The SMILES string of the molecule is [O-]N1CCCCC1O. The van der Waals surface area contributed by atoms with E-state index in [1.165, 1.54) is 0 Å². The van der Waals surface area contributed by atoms with Gasteiger partial charge in [0.05, 0.1) is 6.23 Å². The molecule has 0 saturated carbocycles. The summed E-state index contributed by atoms with van der Waals surface area (Å²) in [6.07, 6.45) is 1.84. The molecular weight excluding hydrogens is 106 g/mol. The van der Waals surface area contributed by atoms with Crippen LogP contribution in [0.2, 0.25) is 0 Å². The maximum absolute atomic E-state index is 10.5. The average Bonchev–Trinajstić information content (AvgIpc) is 1.77. The first kappa shape index (κ1) is 6.01. The Bertz CT molecular complexity index is 66.8. The van der Waals surface area contributed by atoms with Gasteiger partial charge in [-0.2, -0.15) is 0 Å². The predicted molar refractivity (Wildman–Crippen MR) is 29.9 cm³/mol. The van der Waals surface area contributed by atoms with Crippen LogP contribution in [-0.2, 0) is 0 Å². The molecule has 0 spiro atoms. The first-order valence-electron chi connectivity index (χ1n) is 2.92. The van der Waals surface area contributed by atoms with Crippen molar-refractivity contribution in [2.75, 3.05) is 6.54 Å². The quantitative estimate of drug-likeness (QED) is 0.494. The third-order valence-corrected chi connectivity index (χ3v) is 1.42. The Hall–Kier alpha value is -0.120. The molecule has 1 unspecified atom stereocenters. The van der Waals surface area contributed by atoms with Gasteiger partial charge in [-0.1, -0.05) is 0 Å². The van der Waals surface area contributed by atoms with Gasteiger partial charge >= 0.3 is 0 Å². The lowest BCUT2D eigenvalue weighted by Gasteiger charge is -2.36. The van der Waals surface area contributed by atoms with Crippen molar-refractivity contribution in [3.8, 4) is 0 Å².